The molecule has 4 rings (SSSR count). The summed E-state index contributed by atoms with van der Waals surface area (Å²) in [5.74, 6) is -0.984. The summed E-state index contributed by atoms with van der Waals surface area (Å²) in [6, 6.07) is 6.66. The second-order valence-electron chi connectivity index (χ2n) is 9.01. The van der Waals surface area contributed by atoms with Crippen LogP contribution in [0.3, 0.4) is 0 Å². The predicted molar refractivity (Wildman–Crippen MR) is 141 cm³/mol. The monoisotopic (exact) mass is 526 g/mol. The Morgan fingerprint density at radius 3 is 2.63 bits per heavy atom. The van der Waals surface area contributed by atoms with Crippen molar-refractivity contribution in [2.75, 3.05) is 20.6 Å². The van der Waals surface area contributed by atoms with Crippen LogP contribution in [0.2, 0.25) is 0 Å². The summed E-state index contributed by atoms with van der Waals surface area (Å²) >= 11 is 0. The van der Waals surface area contributed by atoms with Crippen molar-refractivity contribution in [3.8, 4) is 22.8 Å². The highest BCUT2D eigenvalue weighted by atomic mass is 35.5. The van der Waals surface area contributed by atoms with Crippen LogP contribution in [0.1, 0.15) is 30.2 Å². The molecule has 0 aliphatic heterocycles. The van der Waals surface area contributed by atoms with Crippen LogP contribution in [0.25, 0.3) is 22.2 Å². The molecule has 2 aromatic heterocycles. The van der Waals surface area contributed by atoms with Crippen LogP contribution in [-0.4, -0.2) is 57.5 Å². The van der Waals surface area contributed by atoms with E-state index in [0.717, 1.165) is 53.7 Å². The van der Waals surface area contributed by atoms with E-state index in [4.69, 9.17) is 5.11 Å². The molecule has 0 saturated carbocycles. The first-order chi connectivity index (χ1) is 15.7. The Morgan fingerprint density at radius 2 is 1.97 bits per heavy atom. The lowest BCUT2D eigenvalue weighted by Crippen LogP contribution is -2.35. The van der Waals surface area contributed by atoms with Gasteiger partial charge in [0.25, 0.3) is 5.56 Å². The van der Waals surface area contributed by atoms with Crippen molar-refractivity contribution in [3.05, 3.63) is 45.4 Å². The zero-order chi connectivity index (χ0) is 23.9. The van der Waals surface area contributed by atoms with Gasteiger partial charge in [-0.2, -0.15) is 0 Å². The Balaban J connectivity index is 0.00000216. The fourth-order valence-corrected chi connectivity index (χ4v) is 4.71. The number of rotatable bonds is 6. The van der Waals surface area contributed by atoms with Gasteiger partial charge in [0.15, 0.2) is 5.75 Å². The van der Waals surface area contributed by atoms with Crippen molar-refractivity contribution in [3.63, 3.8) is 0 Å². The number of nitrogens with zero attached hydrogens (tertiary/aromatic N) is 2. The van der Waals surface area contributed by atoms with Crippen LogP contribution >= 0.6 is 24.8 Å². The minimum absolute atomic E-state index is 0. The number of aromatic nitrogens is 2. The number of halogens is 2. The topological polar surface area (TPSA) is 120 Å². The van der Waals surface area contributed by atoms with E-state index in [-0.39, 0.29) is 24.8 Å². The van der Waals surface area contributed by atoms with E-state index in [1.54, 1.807) is 0 Å². The average molecular weight is 527 g/mol. The fourth-order valence-electron chi connectivity index (χ4n) is 4.71. The Labute approximate surface area is 215 Å². The number of H-pyrrole nitrogens is 1. The first kappa shape index (κ1) is 28.5. The molecule has 35 heavy (non-hydrogen) atoms. The zero-order valence-corrected chi connectivity index (χ0v) is 21.8. The third-order valence-electron chi connectivity index (χ3n) is 6.22. The second-order valence-corrected chi connectivity index (χ2v) is 9.01. The summed E-state index contributed by atoms with van der Waals surface area (Å²) in [6.07, 6.45) is 0.378. The Bertz CT molecular complexity index is 1290. The molecule has 1 aliphatic carbocycles. The number of likely N-dealkylation sites (N-methyl/N-ethyl adjacent to an activating group) is 1. The number of hydrogen-bond donors (Lipinski definition) is 4. The smallest absolute Gasteiger partial charge is 0.504 e. The van der Waals surface area contributed by atoms with Crippen molar-refractivity contribution in [1.29, 1.82) is 0 Å². The molecule has 0 fully saturated rings. The van der Waals surface area contributed by atoms with E-state index in [1.165, 1.54) is 0 Å². The van der Waals surface area contributed by atoms with E-state index in [9.17, 15) is 14.7 Å². The van der Waals surface area contributed by atoms with Crippen LogP contribution in [0.4, 0.5) is 4.79 Å². The minimum atomic E-state index is -1.64. The molecule has 1 atom stereocenters. The molecule has 0 bridgehead atoms. The highest BCUT2D eigenvalue weighted by Gasteiger charge is 2.25. The van der Waals surface area contributed by atoms with Crippen LogP contribution in [-0.2, 0) is 26.4 Å². The van der Waals surface area contributed by atoms with Gasteiger partial charge in [0.2, 0.25) is 5.75 Å². The number of nitrogens with one attached hydrogen (secondary N) is 2. The van der Waals surface area contributed by atoms with Crippen molar-refractivity contribution in [1.82, 2.24) is 19.8 Å². The molecule has 0 spiro atoms. The number of fused-ring (bicyclic) bond motifs is 4. The first-order valence-electron chi connectivity index (χ1n) is 11.0. The second kappa shape index (κ2) is 11.3. The van der Waals surface area contributed by atoms with Gasteiger partial charge in [-0.1, -0.05) is 0 Å². The number of benzene rings is 1. The number of aromatic hydroxyl groups is 1. The molecule has 0 amide bonds. The van der Waals surface area contributed by atoms with E-state index in [1.807, 2.05) is 6.07 Å². The lowest BCUT2D eigenvalue weighted by Gasteiger charge is -2.18. The Morgan fingerprint density at radius 1 is 1.26 bits per heavy atom. The van der Waals surface area contributed by atoms with Gasteiger partial charge in [0, 0.05) is 53.9 Å². The molecular formula is C24H32Cl2N4O5. The maximum absolute atomic E-state index is 12.5. The molecule has 2 heterocycles. The van der Waals surface area contributed by atoms with Crippen molar-refractivity contribution in [2.24, 2.45) is 7.05 Å². The molecule has 0 saturated heterocycles. The molecule has 1 aliphatic rings. The molecule has 4 N–H and O–H groups in total. The first-order valence-corrected chi connectivity index (χ1v) is 11.0. The van der Waals surface area contributed by atoms with Crippen LogP contribution < -0.4 is 15.6 Å². The standard InChI is InChI=1S/C24H30N4O5.2ClH/c1-13(12-27(2)3)25-11-16-8-15-9-18-14(10-19(15)28(16)4)6-5-7-17-20(18)26-23(30)22(21(17)29)33-24(31)32;;/h8-10,13,25H,5-7,11-12H2,1-4H3,(H,31,32)(H2,26,29,30);2*1H. The van der Waals surface area contributed by atoms with Crippen molar-refractivity contribution in [2.45, 2.75) is 38.8 Å². The van der Waals surface area contributed by atoms with Gasteiger partial charge in [-0.3, -0.25) is 4.79 Å². The number of pyridine rings is 1. The van der Waals surface area contributed by atoms with Crippen LogP contribution in [0, 0.1) is 0 Å². The zero-order valence-electron chi connectivity index (χ0n) is 20.2. The molecule has 3 aromatic rings. The number of carbonyl (C=O) groups is 1. The van der Waals surface area contributed by atoms with Gasteiger partial charge in [0.05, 0.1) is 5.69 Å². The quantitative estimate of drug-likeness (QED) is 0.361. The normalized spacial score (nSPS) is 13.3. The molecule has 192 valence electrons. The molecular weight excluding hydrogens is 495 g/mol. The maximum atomic E-state index is 12.5. The minimum Gasteiger partial charge on any atom is -0.504 e. The molecule has 0 radical (unpaired) electrons. The molecule has 1 unspecified atom stereocenters. The van der Waals surface area contributed by atoms with Gasteiger partial charge >= 0.3 is 6.16 Å². The molecule has 11 heteroatoms. The number of carboxylic acid groups (broad SMARTS) is 1. The van der Waals surface area contributed by atoms with Gasteiger partial charge in [-0.05, 0) is 64.0 Å². The Hall–Kier alpha value is -2.72. The van der Waals surface area contributed by atoms with Crippen molar-refractivity contribution >= 4 is 41.9 Å². The number of aryl methyl sites for hydroxylation is 2. The highest BCUT2D eigenvalue weighted by Crippen LogP contribution is 2.40. The van der Waals surface area contributed by atoms with Gasteiger partial charge in [-0.25, -0.2) is 4.79 Å². The summed E-state index contributed by atoms with van der Waals surface area (Å²) < 4.78 is 6.72. The van der Waals surface area contributed by atoms with E-state index in [2.05, 4.69) is 64.7 Å². The van der Waals surface area contributed by atoms with E-state index >= 15 is 0 Å². The van der Waals surface area contributed by atoms with E-state index in [0.29, 0.717) is 23.7 Å². The molecule has 9 nitrogen and oxygen atoms in total. The number of hydrogen-bond acceptors (Lipinski definition) is 6. The number of ether oxygens (including phenoxy) is 1. The summed E-state index contributed by atoms with van der Waals surface area (Å²) in [5, 5.41) is 24.1. The van der Waals surface area contributed by atoms with Gasteiger partial charge < -0.3 is 34.7 Å². The average Bonchev–Trinajstić information content (AvgIpc) is 2.92. The van der Waals surface area contributed by atoms with Crippen molar-refractivity contribution < 1.29 is 19.7 Å². The third-order valence-corrected chi connectivity index (χ3v) is 6.22. The van der Waals surface area contributed by atoms with Gasteiger partial charge in [0.1, 0.15) is 0 Å². The Kier molecular flexibility index (Phi) is 9.24. The highest BCUT2D eigenvalue weighted by molar-refractivity contribution is 5.89. The molecule has 1 aromatic carbocycles. The predicted octanol–water partition coefficient (Wildman–Crippen LogP) is 3.67. The third kappa shape index (κ3) is 5.75. The van der Waals surface area contributed by atoms with Gasteiger partial charge in [-0.15, -0.1) is 24.8 Å². The van der Waals surface area contributed by atoms with E-state index < -0.39 is 23.2 Å². The SMILES string of the molecule is CC(CN(C)C)NCc1cc2cc3c(cc2n1C)CCCc1c-3[nH]c(=O)c(OC(=O)O)c1O.Cl.Cl. The maximum Gasteiger partial charge on any atom is 0.511 e. The number of aromatic amines is 1. The lowest BCUT2D eigenvalue weighted by molar-refractivity contribution is 0.142. The summed E-state index contributed by atoms with van der Waals surface area (Å²) in [7, 11) is 6.16. The largest absolute Gasteiger partial charge is 0.511 e. The lowest BCUT2D eigenvalue weighted by atomic mass is 9.99. The summed E-state index contributed by atoms with van der Waals surface area (Å²) in [5.41, 5.74) is 4.42. The summed E-state index contributed by atoms with van der Waals surface area (Å²) in [4.78, 5) is 28.3. The fraction of sp³-hybridized carbons (Fsp3) is 0.417. The summed E-state index contributed by atoms with van der Waals surface area (Å²) in [6.45, 7) is 3.83. The van der Waals surface area contributed by atoms with Crippen LogP contribution in [0.15, 0.2) is 23.0 Å². The van der Waals surface area contributed by atoms with Crippen LogP contribution in [0.5, 0.6) is 11.5 Å².